The van der Waals surface area contributed by atoms with Crippen molar-refractivity contribution < 1.29 is 13.2 Å². The standard InChI is InChI=1S/C23H24ClN3O3S/c1-16-15-22(27(25-16)20-7-9-21(10-8-20)31(2,29)30)17-11-13-26(14-12-17)23(28)18-3-5-19(24)6-4-18/h3-10,15,17H,11-14H2,1-2H3. The molecule has 2 heterocycles. The molecule has 0 aliphatic carbocycles. The van der Waals surface area contributed by atoms with Gasteiger partial charge in [-0.25, -0.2) is 13.1 Å². The highest BCUT2D eigenvalue weighted by Gasteiger charge is 2.27. The number of amides is 1. The molecule has 0 saturated carbocycles. The van der Waals surface area contributed by atoms with E-state index in [4.69, 9.17) is 11.6 Å². The number of aryl methyl sites for hydroxylation is 1. The Morgan fingerprint density at radius 3 is 2.23 bits per heavy atom. The van der Waals surface area contributed by atoms with Crippen LogP contribution >= 0.6 is 11.6 Å². The molecule has 0 spiro atoms. The van der Waals surface area contributed by atoms with Gasteiger partial charge in [-0.3, -0.25) is 4.79 Å². The van der Waals surface area contributed by atoms with Gasteiger partial charge in [0.25, 0.3) is 5.91 Å². The molecule has 1 aliphatic heterocycles. The van der Waals surface area contributed by atoms with E-state index in [2.05, 4.69) is 11.2 Å². The Morgan fingerprint density at radius 1 is 1.03 bits per heavy atom. The van der Waals surface area contributed by atoms with Gasteiger partial charge in [-0.2, -0.15) is 5.10 Å². The first-order valence-electron chi connectivity index (χ1n) is 10.1. The lowest BCUT2D eigenvalue weighted by Crippen LogP contribution is -2.38. The topological polar surface area (TPSA) is 72.3 Å². The van der Waals surface area contributed by atoms with Gasteiger partial charge in [0.2, 0.25) is 0 Å². The summed E-state index contributed by atoms with van der Waals surface area (Å²) in [5, 5.41) is 5.25. The molecule has 31 heavy (non-hydrogen) atoms. The van der Waals surface area contributed by atoms with Crippen molar-refractivity contribution in [3.05, 3.63) is 76.6 Å². The molecule has 3 aromatic rings. The number of benzene rings is 2. The number of nitrogens with zero attached hydrogens (tertiary/aromatic N) is 3. The molecule has 2 aromatic carbocycles. The number of carbonyl (C=O) groups is 1. The van der Waals surface area contributed by atoms with Crippen molar-refractivity contribution in [3.63, 3.8) is 0 Å². The molecule has 1 saturated heterocycles. The number of likely N-dealkylation sites (tertiary alicyclic amines) is 1. The van der Waals surface area contributed by atoms with E-state index in [9.17, 15) is 13.2 Å². The van der Waals surface area contributed by atoms with Gasteiger partial charge in [0.1, 0.15) is 0 Å². The van der Waals surface area contributed by atoms with Crippen LogP contribution in [0.5, 0.6) is 0 Å². The van der Waals surface area contributed by atoms with Crippen LogP contribution in [0, 0.1) is 6.92 Å². The normalized spacial score (nSPS) is 15.3. The van der Waals surface area contributed by atoms with E-state index < -0.39 is 9.84 Å². The quantitative estimate of drug-likeness (QED) is 0.586. The largest absolute Gasteiger partial charge is 0.339 e. The van der Waals surface area contributed by atoms with Gasteiger partial charge in [0.05, 0.1) is 16.3 Å². The molecule has 4 rings (SSSR count). The Balaban J connectivity index is 1.50. The molecule has 1 amide bonds. The molecule has 0 radical (unpaired) electrons. The second-order valence-corrected chi connectivity index (χ2v) is 10.4. The molecule has 0 unspecified atom stereocenters. The predicted molar refractivity (Wildman–Crippen MR) is 121 cm³/mol. The zero-order valence-electron chi connectivity index (χ0n) is 17.5. The summed E-state index contributed by atoms with van der Waals surface area (Å²) in [6, 6.07) is 15.8. The molecule has 1 aromatic heterocycles. The summed E-state index contributed by atoms with van der Waals surface area (Å²) >= 11 is 5.92. The molecule has 6 nitrogen and oxygen atoms in total. The van der Waals surface area contributed by atoms with Crippen molar-refractivity contribution in [2.24, 2.45) is 0 Å². The maximum Gasteiger partial charge on any atom is 0.253 e. The van der Waals surface area contributed by atoms with E-state index in [1.807, 2.05) is 16.5 Å². The van der Waals surface area contributed by atoms with Crippen molar-refractivity contribution in [1.29, 1.82) is 0 Å². The number of rotatable bonds is 4. The molecule has 0 bridgehead atoms. The third kappa shape index (κ3) is 4.67. The Labute approximate surface area is 187 Å². The highest BCUT2D eigenvalue weighted by Crippen LogP contribution is 2.31. The summed E-state index contributed by atoms with van der Waals surface area (Å²) in [4.78, 5) is 14.9. The molecule has 0 N–H and O–H groups in total. The predicted octanol–water partition coefficient (Wildman–Crippen LogP) is 4.26. The van der Waals surface area contributed by atoms with Crippen molar-refractivity contribution in [3.8, 4) is 5.69 Å². The van der Waals surface area contributed by atoms with Gasteiger partial charge in [-0.05, 0) is 74.4 Å². The zero-order chi connectivity index (χ0) is 22.2. The second kappa shape index (κ2) is 8.48. The monoisotopic (exact) mass is 457 g/mol. The van der Waals surface area contributed by atoms with Gasteiger partial charge in [0, 0.05) is 41.5 Å². The van der Waals surface area contributed by atoms with Crippen molar-refractivity contribution in [1.82, 2.24) is 14.7 Å². The minimum absolute atomic E-state index is 0.0242. The van der Waals surface area contributed by atoms with Crippen LogP contribution in [0.2, 0.25) is 5.02 Å². The Bertz CT molecular complexity index is 1190. The minimum atomic E-state index is -3.24. The number of sulfone groups is 1. The maximum absolute atomic E-state index is 12.8. The molecular formula is C23H24ClN3O3S. The second-order valence-electron chi connectivity index (χ2n) is 7.96. The number of piperidine rings is 1. The summed E-state index contributed by atoms with van der Waals surface area (Å²) in [6.45, 7) is 3.29. The lowest BCUT2D eigenvalue weighted by atomic mass is 9.92. The molecule has 8 heteroatoms. The number of hydrogen-bond acceptors (Lipinski definition) is 4. The Kier molecular flexibility index (Phi) is 5.90. The average Bonchev–Trinajstić information content (AvgIpc) is 3.15. The Hall–Kier alpha value is -2.64. The minimum Gasteiger partial charge on any atom is -0.339 e. The molecule has 0 atom stereocenters. The van der Waals surface area contributed by atoms with Crippen molar-refractivity contribution in [2.75, 3.05) is 19.3 Å². The van der Waals surface area contributed by atoms with Gasteiger partial charge < -0.3 is 4.90 Å². The lowest BCUT2D eigenvalue weighted by Gasteiger charge is -2.32. The van der Waals surface area contributed by atoms with E-state index in [1.54, 1.807) is 48.5 Å². The van der Waals surface area contributed by atoms with Crippen LogP contribution in [0.1, 0.15) is 40.5 Å². The van der Waals surface area contributed by atoms with E-state index in [0.717, 1.165) is 29.9 Å². The van der Waals surface area contributed by atoms with E-state index in [-0.39, 0.29) is 16.7 Å². The number of aromatic nitrogens is 2. The van der Waals surface area contributed by atoms with E-state index >= 15 is 0 Å². The van der Waals surface area contributed by atoms with E-state index in [1.165, 1.54) is 6.26 Å². The maximum atomic E-state index is 12.8. The highest BCUT2D eigenvalue weighted by molar-refractivity contribution is 7.90. The third-order valence-electron chi connectivity index (χ3n) is 5.66. The Morgan fingerprint density at radius 2 is 1.65 bits per heavy atom. The molecule has 1 fully saturated rings. The van der Waals surface area contributed by atoms with Crippen LogP contribution in [0.3, 0.4) is 0 Å². The van der Waals surface area contributed by atoms with Gasteiger partial charge in [-0.15, -0.1) is 0 Å². The summed E-state index contributed by atoms with van der Waals surface area (Å²) in [5.74, 6) is 0.293. The van der Waals surface area contributed by atoms with Crippen molar-refractivity contribution >= 4 is 27.3 Å². The van der Waals surface area contributed by atoms with Crippen LogP contribution in [0.15, 0.2) is 59.5 Å². The fraction of sp³-hybridized carbons (Fsp3) is 0.304. The average molecular weight is 458 g/mol. The van der Waals surface area contributed by atoms with Crippen LogP contribution in [0.25, 0.3) is 5.69 Å². The van der Waals surface area contributed by atoms with Gasteiger partial charge in [0.15, 0.2) is 9.84 Å². The van der Waals surface area contributed by atoms with Crippen LogP contribution in [-0.4, -0.2) is 48.4 Å². The summed E-state index contributed by atoms with van der Waals surface area (Å²) < 4.78 is 25.4. The highest BCUT2D eigenvalue weighted by atomic mass is 35.5. The van der Waals surface area contributed by atoms with E-state index in [0.29, 0.717) is 23.7 Å². The first-order valence-corrected chi connectivity index (χ1v) is 12.4. The summed E-state index contributed by atoms with van der Waals surface area (Å²) in [7, 11) is -3.24. The fourth-order valence-electron chi connectivity index (χ4n) is 4.01. The van der Waals surface area contributed by atoms with Crippen LogP contribution in [-0.2, 0) is 9.84 Å². The van der Waals surface area contributed by atoms with Gasteiger partial charge in [-0.1, -0.05) is 11.6 Å². The summed E-state index contributed by atoms with van der Waals surface area (Å²) in [5.41, 5.74) is 3.47. The third-order valence-corrected chi connectivity index (χ3v) is 7.04. The summed E-state index contributed by atoms with van der Waals surface area (Å²) in [6.07, 6.45) is 2.88. The van der Waals surface area contributed by atoms with Crippen LogP contribution in [0.4, 0.5) is 0 Å². The fourth-order valence-corrected chi connectivity index (χ4v) is 4.76. The first kappa shape index (κ1) is 21.6. The smallest absolute Gasteiger partial charge is 0.253 e. The SMILES string of the molecule is Cc1cc(C2CCN(C(=O)c3ccc(Cl)cc3)CC2)n(-c2ccc(S(C)(=O)=O)cc2)n1. The van der Waals surface area contributed by atoms with Crippen molar-refractivity contribution in [2.45, 2.75) is 30.6 Å². The first-order chi connectivity index (χ1) is 14.7. The van der Waals surface area contributed by atoms with Crippen LogP contribution < -0.4 is 0 Å². The zero-order valence-corrected chi connectivity index (χ0v) is 19.0. The lowest BCUT2D eigenvalue weighted by molar-refractivity contribution is 0.0711. The molecular weight excluding hydrogens is 434 g/mol. The number of hydrogen-bond donors (Lipinski definition) is 0. The number of halogens is 1. The molecule has 162 valence electrons. The molecule has 1 aliphatic rings. The van der Waals surface area contributed by atoms with Gasteiger partial charge >= 0.3 is 0 Å². The number of carbonyl (C=O) groups excluding carboxylic acids is 1.